The van der Waals surface area contributed by atoms with Crippen molar-refractivity contribution in [1.29, 1.82) is 0 Å². The van der Waals surface area contributed by atoms with Crippen molar-refractivity contribution in [2.45, 2.75) is 38.8 Å². The fourth-order valence-corrected chi connectivity index (χ4v) is 4.34. The summed E-state index contributed by atoms with van der Waals surface area (Å²) in [7, 11) is 1.84. The molecule has 1 atom stereocenters. The lowest BCUT2D eigenvalue weighted by molar-refractivity contribution is 0.0676. The zero-order valence-corrected chi connectivity index (χ0v) is 18.4. The second kappa shape index (κ2) is 7.54. The Morgan fingerprint density at radius 2 is 2.00 bits per heavy atom. The van der Waals surface area contributed by atoms with Crippen LogP contribution in [0.25, 0.3) is 22.5 Å². The summed E-state index contributed by atoms with van der Waals surface area (Å²) in [4.78, 5) is 20.7. The monoisotopic (exact) mass is 434 g/mol. The number of fused-ring (bicyclic) bond motifs is 1. The van der Waals surface area contributed by atoms with Gasteiger partial charge in [-0.2, -0.15) is 5.10 Å². The maximum atomic E-state index is 14.0. The Kier molecular flexibility index (Phi) is 4.82. The summed E-state index contributed by atoms with van der Waals surface area (Å²) in [5, 5.41) is 6.00. The minimum absolute atomic E-state index is 0.0127. The molecular formula is C24H23ClN4O2. The number of hydrogen-bond acceptors (Lipinski definition) is 4. The van der Waals surface area contributed by atoms with Crippen molar-refractivity contribution in [3.8, 4) is 11.5 Å². The van der Waals surface area contributed by atoms with Gasteiger partial charge in [-0.05, 0) is 62.6 Å². The molecule has 1 aromatic carbocycles. The molecule has 0 aliphatic heterocycles. The predicted molar refractivity (Wildman–Crippen MR) is 120 cm³/mol. The number of benzene rings is 1. The lowest BCUT2D eigenvalue weighted by Gasteiger charge is -2.30. The normalized spacial score (nSPS) is 14.7. The van der Waals surface area contributed by atoms with Gasteiger partial charge in [0.25, 0.3) is 5.91 Å². The van der Waals surface area contributed by atoms with Crippen LogP contribution in [-0.4, -0.2) is 31.6 Å². The van der Waals surface area contributed by atoms with Crippen LogP contribution in [0.4, 0.5) is 0 Å². The molecule has 5 rings (SSSR count). The highest BCUT2D eigenvalue weighted by Crippen LogP contribution is 2.38. The van der Waals surface area contributed by atoms with Gasteiger partial charge in [0.2, 0.25) is 0 Å². The topological polar surface area (TPSA) is 64.2 Å². The highest BCUT2D eigenvalue weighted by molar-refractivity contribution is 6.30. The van der Waals surface area contributed by atoms with Gasteiger partial charge < -0.3 is 9.32 Å². The van der Waals surface area contributed by atoms with Crippen molar-refractivity contribution in [2.75, 3.05) is 0 Å². The summed E-state index contributed by atoms with van der Waals surface area (Å²) in [5.74, 6) is 0.611. The fraction of sp³-hybridized carbons (Fsp3) is 0.292. The molecule has 3 heterocycles. The molecule has 4 aromatic rings. The standard InChI is InChI=1S/C24H23ClN4O2/c1-14-22-19(13-20(21-5-4-12-31-21)26-23(22)28(3)27-14)24(30)29(18-10-11-18)15(2)16-6-8-17(25)9-7-16/h4-9,12-13,15,18H,10-11H2,1-3H3. The first-order chi connectivity index (χ1) is 14.9. The molecule has 6 nitrogen and oxygen atoms in total. The molecule has 0 saturated heterocycles. The van der Waals surface area contributed by atoms with Crippen LogP contribution in [0.3, 0.4) is 0 Å². The molecule has 1 amide bonds. The molecule has 7 heteroatoms. The lowest BCUT2D eigenvalue weighted by atomic mass is 10.0. The number of amides is 1. The molecule has 0 spiro atoms. The van der Waals surface area contributed by atoms with E-state index in [2.05, 4.69) is 12.0 Å². The Morgan fingerprint density at radius 3 is 2.65 bits per heavy atom. The van der Waals surface area contributed by atoms with E-state index in [0.717, 1.165) is 29.5 Å². The molecule has 1 aliphatic rings. The molecule has 1 aliphatic carbocycles. The maximum Gasteiger partial charge on any atom is 0.255 e. The van der Waals surface area contributed by atoms with Gasteiger partial charge in [0.15, 0.2) is 11.4 Å². The fourth-order valence-electron chi connectivity index (χ4n) is 4.22. The number of halogens is 1. The van der Waals surface area contributed by atoms with Gasteiger partial charge in [0.1, 0.15) is 5.69 Å². The molecule has 0 radical (unpaired) electrons. The van der Waals surface area contributed by atoms with E-state index in [1.165, 1.54) is 0 Å². The third kappa shape index (κ3) is 3.51. The van der Waals surface area contributed by atoms with Crippen molar-refractivity contribution in [3.63, 3.8) is 0 Å². The van der Waals surface area contributed by atoms with Crippen LogP contribution in [0.5, 0.6) is 0 Å². The molecule has 158 valence electrons. The van der Waals surface area contributed by atoms with E-state index in [9.17, 15) is 4.79 Å². The van der Waals surface area contributed by atoms with Crippen molar-refractivity contribution in [2.24, 2.45) is 7.05 Å². The molecular weight excluding hydrogens is 412 g/mol. The Hall–Kier alpha value is -3.12. The van der Waals surface area contributed by atoms with Gasteiger partial charge in [-0.3, -0.25) is 9.48 Å². The molecule has 1 fully saturated rings. The number of nitrogens with zero attached hydrogens (tertiary/aromatic N) is 4. The smallest absolute Gasteiger partial charge is 0.255 e. The molecule has 0 bridgehead atoms. The van der Waals surface area contributed by atoms with E-state index in [1.807, 2.05) is 61.3 Å². The van der Waals surface area contributed by atoms with E-state index in [4.69, 9.17) is 21.0 Å². The van der Waals surface area contributed by atoms with Crippen molar-refractivity contribution < 1.29 is 9.21 Å². The maximum absolute atomic E-state index is 14.0. The third-order valence-corrected chi connectivity index (χ3v) is 6.17. The Bertz CT molecular complexity index is 1260. The van der Waals surface area contributed by atoms with Crippen LogP contribution in [0.2, 0.25) is 5.02 Å². The second-order valence-corrected chi connectivity index (χ2v) is 8.55. The first kappa shape index (κ1) is 19.8. The van der Waals surface area contributed by atoms with Crippen LogP contribution in [0.15, 0.2) is 53.1 Å². The first-order valence-electron chi connectivity index (χ1n) is 10.4. The Labute approximate surface area is 185 Å². The minimum Gasteiger partial charge on any atom is -0.463 e. The van der Waals surface area contributed by atoms with E-state index in [0.29, 0.717) is 27.7 Å². The van der Waals surface area contributed by atoms with Crippen LogP contribution >= 0.6 is 11.6 Å². The van der Waals surface area contributed by atoms with Gasteiger partial charge in [-0.15, -0.1) is 0 Å². The Balaban J connectivity index is 1.64. The van der Waals surface area contributed by atoms with E-state index >= 15 is 0 Å². The summed E-state index contributed by atoms with van der Waals surface area (Å²) >= 11 is 6.07. The van der Waals surface area contributed by atoms with E-state index in [-0.39, 0.29) is 18.0 Å². The zero-order valence-electron chi connectivity index (χ0n) is 17.7. The molecule has 3 aromatic heterocycles. The first-order valence-corrected chi connectivity index (χ1v) is 10.8. The van der Waals surface area contributed by atoms with Crippen LogP contribution in [-0.2, 0) is 7.05 Å². The number of aromatic nitrogens is 3. The summed E-state index contributed by atoms with van der Waals surface area (Å²) in [5.41, 5.74) is 3.75. The molecule has 1 unspecified atom stereocenters. The number of pyridine rings is 1. The summed E-state index contributed by atoms with van der Waals surface area (Å²) in [6.07, 6.45) is 3.63. The van der Waals surface area contributed by atoms with Gasteiger partial charge in [0, 0.05) is 18.1 Å². The summed E-state index contributed by atoms with van der Waals surface area (Å²) < 4.78 is 7.29. The lowest BCUT2D eigenvalue weighted by Crippen LogP contribution is -2.35. The quantitative estimate of drug-likeness (QED) is 0.412. The van der Waals surface area contributed by atoms with Crippen molar-refractivity contribution in [3.05, 3.63) is 70.6 Å². The van der Waals surface area contributed by atoms with Crippen LogP contribution in [0.1, 0.15) is 47.4 Å². The van der Waals surface area contributed by atoms with Gasteiger partial charge in [0.05, 0.1) is 28.9 Å². The van der Waals surface area contributed by atoms with Crippen molar-refractivity contribution >= 4 is 28.5 Å². The van der Waals surface area contributed by atoms with E-state index in [1.54, 1.807) is 10.9 Å². The average molecular weight is 435 g/mol. The predicted octanol–water partition coefficient (Wildman–Crippen LogP) is 5.56. The van der Waals surface area contributed by atoms with Crippen LogP contribution < -0.4 is 0 Å². The third-order valence-electron chi connectivity index (χ3n) is 5.92. The zero-order chi connectivity index (χ0) is 21.7. The molecule has 1 saturated carbocycles. The number of aryl methyl sites for hydroxylation is 2. The molecule has 0 N–H and O–H groups in total. The number of carbonyl (C=O) groups excluding carboxylic acids is 1. The van der Waals surface area contributed by atoms with Crippen LogP contribution in [0, 0.1) is 6.92 Å². The van der Waals surface area contributed by atoms with Crippen molar-refractivity contribution in [1.82, 2.24) is 19.7 Å². The van der Waals surface area contributed by atoms with Gasteiger partial charge in [-0.1, -0.05) is 23.7 Å². The number of carbonyl (C=O) groups is 1. The highest BCUT2D eigenvalue weighted by atomic mass is 35.5. The SMILES string of the molecule is Cc1nn(C)c2nc(-c3ccco3)cc(C(=O)N(C3CC3)C(C)c3ccc(Cl)cc3)c12. The number of hydrogen-bond donors (Lipinski definition) is 0. The van der Waals surface area contributed by atoms with Gasteiger partial charge >= 0.3 is 0 Å². The summed E-state index contributed by atoms with van der Waals surface area (Å²) in [6, 6.07) is 13.4. The minimum atomic E-state index is -0.0791. The summed E-state index contributed by atoms with van der Waals surface area (Å²) in [6.45, 7) is 3.98. The Morgan fingerprint density at radius 1 is 1.26 bits per heavy atom. The van der Waals surface area contributed by atoms with E-state index < -0.39 is 0 Å². The number of rotatable bonds is 5. The second-order valence-electron chi connectivity index (χ2n) is 8.11. The average Bonchev–Trinajstić information content (AvgIpc) is 3.34. The number of furan rings is 1. The highest BCUT2D eigenvalue weighted by Gasteiger charge is 2.38. The van der Waals surface area contributed by atoms with Gasteiger partial charge in [-0.25, -0.2) is 4.98 Å². The molecule has 31 heavy (non-hydrogen) atoms. The largest absolute Gasteiger partial charge is 0.463 e.